The Labute approximate surface area is 127 Å². The lowest BCUT2D eigenvalue weighted by atomic mass is 10.2. The molecule has 2 atom stereocenters. The molecular weight excluding hydrogens is 324 g/mol. The van der Waals surface area contributed by atoms with Crippen molar-refractivity contribution in [3.05, 3.63) is 16.9 Å². The lowest BCUT2D eigenvalue weighted by molar-refractivity contribution is -0.136. The fraction of sp³-hybridized carbons (Fsp3) is 0.692. The van der Waals surface area contributed by atoms with Crippen molar-refractivity contribution in [3.63, 3.8) is 0 Å². The molecule has 0 radical (unpaired) electrons. The molecule has 2 rings (SSSR count). The Bertz CT molecular complexity index is 455. The van der Waals surface area contributed by atoms with Gasteiger partial charge in [0.1, 0.15) is 6.04 Å². The van der Waals surface area contributed by atoms with Gasteiger partial charge >= 0.3 is 0 Å². The van der Waals surface area contributed by atoms with Crippen LogP contribution in [0.2, 0.25) is 0 Å². The van der Waals surface area contributed by atoms with Crippen molar-refractivity contribution in [2.24, 2.45) is 0 Å². The third kappa shape index (κ3) is 3.80. The van der Waals surface area contributed by atoms with Gasteiger partial charge < -0.3 is 10.0 Å². The molecule has 1 aliphatic rings. The Kier molecular flexibility index (Phi) is 5.17. The van der Waals surface area contributed by atoms with Crippen LogP contribution in [0, 0.1) is 0 Å². The van der Waals surface area contributed by atoms with Crippen molar-refractivity contribution in [1.82, 2.24) is 19.6 Å². The Balaban J connectivity index is 1.88. The number of nitrogens with zero attached hydrogens (tertiary/aromatic N) is 4. The molecular formula is C13H21BrN4O2. The molecule has 0 aliphatic carbocycles. The van der Waals surface area contributed by atoms with E-state index in [-0.39, 0.29) is 18.1 Å². The molecule has 1 aromatic rings. The zero-order chi connectivity index (χ0) is 14.7. The highest BCUT2D eigenvalue weighted by atomic mass is 79.9. The molecule has 1 N–H and O–H groups in total. The summed E-state index contributed by atoms with van der Waals surface area (Å²) in [5.74, 6) is 0.0947. The average molecular weight is 345 g/mol. The summed E-state index contributed by atoms with van der Waals surface area (Å²) < 4.78 is 2.55. The topological polar surface area (TPSA) is 61.6 Å². The number of hydrogen-bond acceptors (Lipinski definition) is 4. The highest BCUT2D eigenvalue weighted by Gasteiger charge is 2.26. The van der Waals surface area contributed by atoms with E-state index in [1.165, 1.54) is 0 Å². The first kappa shape index (κ1) is 15.5. The molecule has 0 unspecified atom stereocenters. The van der Waals surface area contributed by atoms with Crippen LogP contribution in [0.3, 0.4) is 0 Å². The first-order chi connectivity index (χ1) is 9.47. The highest BCUT2D eigenvalue weighted by molar-refractivity contribution is 9.10. The summed E-state index contributed by atoms with van der Waals surface area (Å²) in [6.07, 6.45) is 3.17. The van der Waals surface area contributed by atoms with Crippen LogP contribution < -0.4 is 0 Å². The van der Waals surface area contributed by atoms with Crippen LogP contribution in [0.4, 0.5) is 0 Å². The molecule has 1 fully saturated rings. The number of aromatic nitrogens is 2. The van der Waals surface area contributed by atoms with E-state index in [1.54, 1.807) is 17.8 Å². The summed E-state index contributed by atoms with van der Waals surface area (Å²) in [7, 11) is 0. The zero-order valence-electron chi connectivity index (χ0n) is 11.9. The second-order valence-electron chi connectivity index (χ2n) is 5.29. The number of carbonyl (C=O) groups excluding carboxylic acids is 1. The van der Waals surface area contributed by atoms with Crippen LogP contribution in [0.1, 0.15) is 19.9 Å². The van der Waals surface area contributed by atoms with Crippen molar-refractivity contribution in [3.8, 4) is 0 Å². The van der Waals surface area contributed by atoms with Crippen molar-refractivity contribution in [2.75, 3.05) is 32.7 Å². The van der Waals surface area contributed by atoms with E-state index in [0.717, 1.165) is 17.6 Å². The number of β-amino-alcohol motifs (C(OH)–C–C–N with tert-alkyl or cyclic N) is 1. The number of amides is 1. The standard InChI is InChI=1S/C13H21BrN4O2/c1-10(19)8-16-3-5-17(6-4-16)13(20)11(2)18-9-12(14)7-15-18/h7,9-11,19H,3-6,8H2,1-2H3/t10-,11+/m0/s1. The molecule has 1 saturated heterocycles. The molecule has 1 aliphatic heterocycles. The van der Waals surface area contributed by atoms with Crippen molar-refractivity contribution >= 4 is 21.8 Å². The van der Waals surface area contributed by atoms with Gasteiger partial charge in [-0.2, -0.15) is 5.10 Å². The van der Waals surface area contributed by atoms with Gasteiger partial charge in [0.15, 0.2) is 0 Å². The van der Waals surface area contributed by atoms with Crippen LogP contribution in [-0.2, 0) is 4.79 Å². The van der Waals surface area contributed by atoms with Crippen LogP contribution in [-0.4, -0.2) is 69.4 Å². The summed E-state index contributed by atoms with van der Waals surface area (Å²) >= 11 is 3.34. The minimum Gasteiger partial charge on any atom is -0.392 e. The zero-order valence-corrected chi connectivity index (χ0v) is 13.5. The largest absolute Gasteiger partial charge is 0.392 e. The van der Waals surface area contributed by atoms with E-state index in [9.17, 15) is 9.90 Å². The number of hydrogen-bond donors (Lipinski definition) is 1. The summed E-state index contributed by atoms with van der Waals surface area (Å²) in [6.45, 7) is 7.36. The molecule has 7 heteroatoms. The van der Waals surface area contributed by atoms with Gasteiger partial charge in [0.05, 0.1) is 16.8 Å². The first-order valence-electron chi connectivity index (χ1n) is 6.86. The lowest BCUT2D eigenvalue weighted by Crippen LogP contribution is -2.51. The van der Waals surface area contributed by atoms with Crippen molar-refractivity contribution in [1.29, 1.82) is 0 Å². The smallest absolute Gasteiger partial charge is 0.247 e. The van der Waals surface area contributed by atoms with Crippen LogP contribution in [0.15, 0.2) is 16.9 Å². The molecule has 112 valence electrons. The van der Waals surface area contributed by atoms with Gasteiger partial charge in [0, 0.05) is 38.9 Å². The summed E-state index contributed by atoms with van der Waals surface area (Å²) in [5, 5.41) is 13.5. The van der Waals surface area contributed by atoms with Crippen LogP contribution in [0.25, 0.3) is 0 Å². The van der Waals surface area contributed by atoms with Gasteiger partial charge in [-0.1, -0.05) is 0 Å². The number of aliphatic hydroxyl groups excluding tert-OH is 1. The number of aliphatic hydroxyl groups is 1. The predicted octanol–water partition coefficient (Wildman–Crippen LogP) is 0.732. The van der Waals surface area contributed by atoms with E-state index in [4.69, 9.17) is 0 Å². The molecule has 20 heavy (non-hydrogen) atoms. The van der Waals surface area contributed by atoms with Gasteiger partial charge in [-0.25, -0.2) is 0 Å². The second-order valence-corrected chi connectivity index (χ2v) is 6.21. The van der Waals surface area contributed by atoms with Gasteiger partial charge in [-0.05, 0) is 29.8 Å². The third-order valence-corrected chi connectivity index (χ3v) is 3.94. The fourth-order valence-corrected chi connectivity index (χ4v) is 2.73. The monoisotopic (exact) mass is 344 g/mol. The van der Waals surface area contributed by atoms with Gasteiger partial charge in [0.25, 0.3) is 0 Å². The molecule has 1 aromatic heterocycles. The second kappa shape index (κ2) is 6.69. The summed E-state index contributed by atoms with van der Waals surface area (Å²) in [6, 6.07) is -0.287. The van der Waals surface area contributed by atoms with Crippen LogP contribution >= 0.6 is 15.9 Å². The van der Waals surface area contributed by atoms with E-state index in [2.05, 4.69) is 25.9 Å². The third-order valence-electron chi connectivity index (χ3n) is 3.53. The SMILES string of the molecule is C[C@H](O)CN1CCN(C(=O)[C@@H](C)n2cc(Br)cn2)CC1. The molecule has 0 aromatic carbocycles. The Morgan fingerprint density at radius 3 is 2.55 bits per heavy atom. The number of halogens is 1. The molecule has 0 saturated carbocycles. The maximum atomic E-state index is 12.4. The molecule has 1 amide bonds. The summed E-state index contributed by atoms with van der Waals surface area (Å²) in [5.41, 5.74) is 0. The van der Waals surface area contributed by atoms with E-state index in [0.29, 0.717) is 19.6 Å². The average Bonchev–Trinajstić information content (AvgIpc) is 2.84. The number of piperazine rings is 1. The minimum atomic E-state index is -0.322. The van der Waals surface area contributed by atoms with Crippen molar-refractivity contribution < 1.29 is 9.90 Å². The van der Waals surface area contributed by atoms with Gasteiger partial charge in [-0.3, -0.25) is 14.4 Å². The quantitative estimate of drug-likeness (QED) is 0.874. The minimum absolute atomic E-state index is 0.0947. The fourth-order valence-electron chi connectivity index (χ4n) is 2.43. The van der Waals surface area contributed by atoms with E-state index >= 15 is 0 Å². The van der Waals surface area contributed by atoms with Gasteiger partial charge in [0.2, 0.25) is 5.91 Å². The summed E-state index contributed by atoms with van der Waals surface area (Å²) in [4.78, 5) is 16.5. The highest BCUT2D eigenvalue weighted by Crippen LogP contribution is 2.15. The molecule has 0 spiro atoms. The number of carbonyl (C=O) groups is 1. The maximum absolute atomic E-state index is 12.4. The lowest BCUT2D eigenvalue weighted by Gasteiger charge is -2.36. The Hall–Kier alpha value is -0.920. The first-order valence-corrected chi connectivity index (χ1v) is 7.65. The van der Waals surface area contributed by atoms with E-state index < -0.39 is 0 Å². The maximum Gasteiger partial charge on any atom is 0.247 e. The van der Waals surface area contributed by atoms with E-state index in [1.807, 2.05) is 18.0 Å². The molecule has 0 bridgehead atoms. The van der Waals surface area contributed by atoms with Crippen LogP contribution in [0.5, 0.6) is 0 Å². The van der Waals surface area contributed by atoms with Gasteiger partial charge in [-0.15, -0.1) is 0 Å². The van der Waals surface area contributed by atoms with Crippen molar-refractivity contribution in [2.45, 2.75) is 26.0 Å². The molecule has 6 nitrogen and oxygen atoms in total. The molecule has 2 heterocycles. The predicted molar refractivity (Wildman–Crippen MR) is 79.3 cm³/mol. The number of rotatable bonds is 4. The Morgan fingerprint density at radius 2 is 2.05 bits per heavy atom. The normalized spacial score (nSPS) is 19.9. The Morgan fingerprint density at radius 1 is 1.40 bits per heavy atom.